The summed E-state index contributed by atoms with van der Waals surface area (Å²) in [6.07, 6.45) is 6.71. The van der Waals surface area contributed by atoms with E-state index in [1.165, 1.54) is 5.69 Å². The second-order valence-corrected chi connectivity index (χ2v) is 5.36. The summed E-state index contributed by atoms with van der Waals surface area (Å²) in [5.74, 6) is 0.690. The molecule has 0 amide bonds. The predicted octanol–water partition coefficient (Wildman–Crippen LogP) is 4.02. The summed E-state index contributed by atoms with van der Waals surface area (Å²) in [7, 11) is 0. The summed E-state index contributed by atoms with van der Waals surface area (Å²) in [5, 5.41) is 9.45. The van der Waals surface area contributed by atoms with Gasteiger partial charge in [0, 0.05) is 22.8 Å². The van der Waals surface area contributed by atoms with Gasteiger partial charge in [-0.05, 0) is 37.0 Å². The molecule has 2 rings (SSSR count). The summed E-state index contributed by atoms with van der Waals surface area (Å²) in [5.41, 5.74) is 2.74. The van der Waals surface area contributed by atoms with Crippen molar-refractivity contribution in [1.29, 1.82) is 5.26 Å². The fourth-order valence-corrected chi connectivity index (χ4v) is 2.46. The number of imidazole rings is 1. The minimum atomic E-state index is 0.576. The number of benzene rings is 1. The third kappa shape index (κ3) is 3.75. The quantitative estimate of drug-likeness (QED) is 0.597. The van der Waals surface area contributed by atoms with Gasteiger partial charge in [0.15, 0.2) is 0 Å². The topological polar surface area (TPSA) is 41.6 Å². The Morgan fingerprint density at radius 2 is 2.15 bits per heavy atom. The van der Waals surface area contributed by atoms with Crippen molar-refractivity contribution < 1.29 is 0 Å². The van der Waals surface area contributed by atoms with E-state index < -0.39 is 0 Å². The number of hydrogen-bond acceptors (Lipinski definition) is 2. The third-order valence-corrected chi connectivity index (χ3v) is 3.76. The highest BCUT2D eigenvalue weighted by Gasteiger charge is 2.06. The van der Waals surface area contributed by atoms with Crippen LogP contribution >= 0.6 is 23.2 Å². The molecule has 0 saturated carbocycles. The molecule has 104 valence electrons. The Morgan fingerprint density at radius 3 is 2.85 bits per heavy atom. The number of hydrogen-bond donors (Lipinski definition) is 0. The van der Waals surface area contributed by atoms with Gasteiger partial charge >= 0.3 is 0 Å². The number of nitrogens with zero attached hydrogens (tertiary/aromatic N) is 3. The van der Waals surface area contributed by atoms with Gasteiger partial charge in [0.25, 0.3) is 0 Å². The first-order valence-electron chi connectivity index (χ1n) is 6.48. The maximum atomic E-state index is 8.84. The molecular weight excluding hydrogens is 293 g/mol. The monoisotopic (exact) mass is 307 g/mol. The molecule has 2 aromatic rings. The highest BCUT2D eigenvalue weighted by atomic mass is 35.5. The van der Waals surface area contributed by atoms with Gasteiger partial charge in [-0.25, -0.2) is 4.98 Å². The van der Waals surface area contributed by atoms with Crippen molar-refractivity contribution in [3.05, 3.63) is 52.6 Å². The van der Waals surface area contributed by atoms with Crippen molar-refractivity contribution >= 4 is 23.2 Å². The number of rotatable bonds is 6. The molecule has 0 aliphatic carbocycles. The van der Waals surface area contributed by atoms with Crippen LogP contribution in [0.4, 0.5) is 0 Å². The molecule has 0 saturated heterocycles. The van der Waals surface area contributed by atoms with Crippen LogP contribution in [0.15, 0.2) is 30.7 Å². The van der Waals surface area contributed by atoms with Crippen molar-refractivity contribution in [2.75, 3.05) is 5.88 Å². The van der Waals surface area contributed by atoms with E-state index in [1.54, 1.807) is 12.1 Å². The maximum Gasteiger partial charge on any atom is 0.0992 e. The van der Waals surface area contributed by atoms with E-state index in [4.69, 9.17) is 28.5 Å². The van der Waals surface area contributed by atoms with Crippen molar-refractivity contribution in [2.24, 2.45) is 0 Å². The zero-order valence-electron chi connectivity index (χ0n) is 11.0. The highest BCUT2D eigenvalue weighted by Crippen LogP contribution is 2.19. The molecule has 20 heavy (non-hydrogen) atoms. The molecule has 0 radical (unpaired) electrons. The number of nitriles is 1. The number of aromatic nitrogens is 2. The first-order chi connectivity index (χ1) is 9.74. The Balaban J connectivity index is 2.10. The van der Waals surface area contributed by atoms with Crippen molar-refractivity contribution in [2.45, 2.75) is 25.8 Å². The lowest BCUT2D eigenvalue weighted by atomic mass is 10.1. The van der Waals surface area contributed by atoms with Gasteiger partial charge in [-0.3, -0.25) is 0 Å². The van der Waals surface area contributed by atoms with Crippen LogP contribution in [0.3, 0.4) is 0 Å². The van der Waals surface area contributed by atoms with Crippen LogP contribution in [-0.2, 0) is 13.0 Å². The van der Waals surface area contributed by atoms with E-state index in [2.05, 4.69) is 15.6 Å². The summed E-state index contributed by atoms with van der Waals surface area (Å²) >= 11 is 11.9. The molecule has 0 unspecified atom stereocenters. The first-order valence-corrected chi connectivity index (χ1v) is 7.39. The molecule has 1 heterocycles. The number of aryl methyl sites for hydroxylation is 1. The van der Waals surface area contributed by atoms with Gasteiger partial charge < -0.3 is 4.57 Å². The van der Waals surface area contributed by atoms with E-state index in [1.807, 2.05) is 18.6 Å². The molecule has 0 N–H and O–H groups in total. The van der Waals surface area contributed by atoms with Gasteiger partial charge in [0.1, 0.15) is 0 Å². The van der Waals surface area contributed by atoms with Crippen LogP contribution < -0.4 is 0 Å². The standard InChI is InChI=1S/C15H15Cl2N3/c16-6-2-1-3-14-9-19-11-20(14)10-13-5-4-12(8-18)7-15(13)17/h4-5,7,9,11H,1-3,6,10H2. The van der Waals surface area contributed by atoms with Gasteiger partial charge in [0.05, 0.1) is 24.5 Å². The minimum Gasteiger partial charge on any atom is -0.330 e. The third-order valence-electron chi connectivity index (χ3n) is 3.14. The Hall–Kier alpha value is -1.50. The molecule has 0 bridgehead atoms. The van der Waals surface area contributed by atoms with Crippen LogP contribution in [0.1, 0.15) is 29.7 Å². The molecule has 0 fully saturated rings. The average Bonchev–Trinajstić information content (AvgIpc) is 2.89. The number of halogens is 2. The summed E-state index contributed by atoms with van der Waals surface area (Å²) in [4.78, 5) is 4.19. The molecule has 0 aliphatic rings. The molecule has 0 spiro atoms. The van der Waals surface area contributed by atoms with E-state index >= 15 is 0 Å². The van der Waals surface area contributed by atoms with E-state index in [-0.39, 0.29) is 0 Å². The van der Waals surface area contributed by atoms with Crippen LogP contribution in [0.25, 0.3) is 0 Å². The number of unbranched alkanes of at least 4 members (excludes halogenated alkanes) is 1. The Kier molecular flexibility index (Phi) is 5.46. The largest absolute Gasteiger partial charge is 0.330 e. The average molecular weight is 308 g/mol. The normalized spacial score (nSPS) is 10.4. The van der Waals surface area contributed by atoms with Gasteiger partial charge in [-0.15, -0.1) is 11.6 Å². The smallest absolute Gasteiger partial charge is 0.0992 e. The van der Waals surface area contributed by atoms with Crippen molar-refractivity contribution in [3.8, 4) is 6.07 Å². The lowest BCUT2D eigenvalue weighted by molar-refractivity contribution is 0.697. The van der Waals surface area contributed by atoms with Gasteiger partial charge in [-0.2, -0.15) is 5.26 Å². The Morgan fingerprint density at radius 1 is 1.30 bits per heavy atom. The second kappa shape index (κ2) is 7.33. The molecular formula is C15H15Cl2N3. The first kappa shape index (κ1) is 14.9. The molecule has 0 atom stereocenters. The summed E-state index contributed by atoms with van der Waals surface area (Å²) < 4.78 is 2.08. The highest BCUT2D eigenvalue weighted by molar-refractivity contribution is 6.31. The van der Waals surface area contributed by atoms with E-state index in [0.29, 0.717) is 23.0 Å². The van der Waals surface area contributed by atoms with Crippen molar-refractivity contribution in [1.82, 2.24) is 9.55 Å². The predicted molar refractivity (Wildman–Crippen MR) is 81.2 cm³/mol. The van der Waals surface area contributed by atoms with Crippen LogP contribution in [0.5, 0.6) is 0 Å². The minimum absolute atomic E-state index is 0.576. The van der Waals surface area contributed by atoms with Crippen molar-refractivity contribution in [3.63, 3.8) is 0 Å². The fourth-order valence-electron chi connectivity index (χ4n) is 2.03. The second-order valence-electron chi connectivity index (χ2n) is 4.58. The van der Waals surface area contributed by atoms with Crippen LogP contribution in [0.2, 0.25) is 5.02 Å². The lowest BCUT2D eigenvalue weighted by Crippen LogP contribution is -2.04. The lowest BCUT2D eigenvalue weighted by Gasteiger charge is -2.09. The van der Waals surface area contributed by atoms with Gasteiger partial charge in [0.2, 0.25) is 0 Å². The molecule has 3 nitrogen and oxygen atoms in total. The zero-order valence-corrected chi connectivity index (χ0v) is 12.5. The molecule has 1 aromatic heterocycles. The van der Waals surface area contributed by atoms with E-state index in [9.17, 15) is 0 Å². The van der Waals surface area contributed by atoms with Gasteiger partial charge in [-0.1, -0.05) is 17.7 Å². The van der Waals surface area contributed by atoms with Crippen LogP contribution in [0, 0.1) is 11.3 Å². The SMILES string of the molecule is N#Cc1ccc(Cn2cncc2CCCCCl)c(Cl)c1. The van der Waals surface area contributed by atoms with Crippen LogP contribution in [-0.4, -0.2) is 15.4 Å². The summed E-state index contributed by atoms with van der Waals surface area (Å²) in [6, 6.07) is 7.45. The fraction of sp³-hybridized carbons (Fsp3) is 0.333. The molecule has 5 heteroatoms. The molecule has 1 aromatic carbocycles. The van der Waals surface area contributed by atoms with E-state index in [0.717, 1.165) is 24.8 Å². The Bertz CT molecular complexity index is 614. The summed E-state index contributed by atoms with van der Waals surface area (Å²) in [6.45, 7) is 0.667. The Labute approximate surface area is 128 Å². The number of alkyl halides is 1. The maximum absolute atomic E-state index is 8.84. The zero-order chi connectivity index (χ0) is 14.4. The molecule has 0 aliphatic heterocycles.